The van der Waals surface area contributed by atoms with E-state index in [9.17, 15) is 4.79 Å². The summed E-state index contributed by atoms with van der Waals surface area (Å²) in [6.07, 6.45) is -0.126. The van der Waals surface area contributed by atoms with Gasteiger partial charge in [-0.3, -0.25) is 9.48 Å². The first-order chi connectivity index (χ1) is 9.56. The van der Waals surface area contributed by atoms with Gasteiger partial charge < -0.3 is 14.6 Å². The number of carboxylic acid groups (broad SMARTS) is 1. The van der Waals surface area contributed by atoms with Gasteiger partial charge in [0.05, 0.1) is 22.3 Å². The molecule has 0 saturated carbocycles. The number of carboxylic acids is 1. The van der Waals surface area contributed by atoms with Crippen LogP contribution in [0, 0.1) is 0 Å². The minimum atomic E-state index is -0.916. The molecule has 2 aromatic rings. The third-order valence-corrected chi connectivity index (χ3v) is 3.85. The molecular weight excluding hydrogens is 328 g/mol. The van der Waals surface area contributed by atoms with Crippen molar-refractivity contribution in [2.75, 3.05) is 6.79 Å². The first-order valence-electron chi connectivity index (χ1n) is 5.89. The lowest BCUT2D eigenvalue weighted by Gasteiger charge is -2.04. The molecule has 1 aliphatic rings. The van der Waals surface area contributed by atoms with Crippen LogP contribution in [-0.2, 0) is 18.3 Å². The molecule has 3 rings (SSSR count). The molecule has 2 heterocycles. The Morgan fingerprint density at radius 3 is 2.95 bits per heavy atom. The Morgan fingerprint density at radius 1 is 1.45 bits per heavy atom. The number of rotatable bonds is 3. The number of hydrogen-bond acceptors (Lipinski definition) is 4. The molecule has 0 saturated heterocycles. The van der Waals surface area contributed by atoms with Gasteiger partial charge in [0.15, 0.2) is 11.5 Å². The number of benzene rings is 1. The van der Waals surface area contributed by atoms with Crippen molar-refractivity contribution in [3.63, 3.8) is 0 Å². The number of aliphatic carboxylic acids is 1. The van der Waals surface area contributed by atoms with Crippen LogP contribution in [0.25, 0.3) is 11.3 Å². The van der Waals surface area contributed by atoms with Crippen molar-refractivity contribution in [1.82, 2.24) is 9.78 Å². The van der Waals surface area contributed by atoms with Crippen molar-refractivity contribution in [3.05, 3.63) is 28.4 Å². The van der Waals surface area contributed by atoms with E-state index in [-0.39, 0.29) is 13.2 Å². The van der Waals surface area contributed by atoms with Crippen LogP contribution in [0.1, 0.15) is 5.69 Å². The second kappa shape index (κ2) is 4.82. The molecule has 20 heavy (non-hydrogen) atoms. The van der Waals surface area contributed by atoms with Crippen LogP contribution in [0.5, 0.6) is 11.5 Å². The van der Waals surface area contributed by atoms with E-state index in [0.717, 1.165) is 11.3 Å². The maximum absolute atomic E-state index is 10.8. The van der Waals surface area contributed by atoms with Crippen LogP contribution >= 0.6 is 15.9 Å². The summed E-state index contributed by atoms with van der Waals surface area (Å²) in [5, 5.41) is 13.1. The monoisotopic (exact) mass is 338 g/mol. The zero-order valence-electron chi connectivity index (χ0n) is 10.6. The predicted molar refractivity (Wildman–Crippen MR) is 73.8 cm³/mol. The number of nitrogens with zero attached hydrogens (tertiary/aromatic N) is 2. The fourth-order valence-corrected chi connectivity index (χ4v) is 2.87. The minimum Gasteiger partial charge on any atom is -0.481 e. The van der Waals surface area contributed by atoms with Gasteiger partial charge >= 0.3 is 5.97 Å². The first kappa shape index (κ1) is 13.0. The molecule has 0 aliphatic carbocycles. The summed E-state index contributed by atoms with van der Waals surface area (Å²) in [5.41, 5.74) is 2.18. The maximum atomic E-state index is 10.8. The summed E-state index contributed by atoms with van der Waals surface area (Å²) in [5.74, 6) is 0.467. The Kier molecular flexibility index (Phi) is 3.13. The highest BCUT2D eigenvalue weighted by molar-refractivity contribution is 9.10. The quantitative estimate of drug-likeness (QED) is 0.928. The molecule has 1 N–H and O–H groups in total. The van der Waals surface area contributed by atoms with E-state index in [4.69, 9.17) is 14.6 Å². The van der Waals surface area contributed by atoms with Crippen molar-refractivity contribution in [3.8, 4) is 22.8 Å². The third-order valence-electron chi connectivity index (χ3n) is 3.02. The summed E-state index contributed by atoms with van der Waals surface area (Å²) in [7, 11) is 1.77. The highest BCUT2D eigenvalue weighted by Gasteiger charge is 2.20. The van der Waals surface area contributed by atoms with E-state index in [0.29, 0.717) is 21.7 Å². The summed E-state index contributed by atoms with van der Waals surface area (Å²) in [4.78, 5) is 10.8. The Morgan fingerprint density at radius 2 is 2.20 bits per heavy atom. The number of hydrogen-bond donors (Lipinski definition) is 1. The van der Waals surface area contributed by atoms with Gasteiger partial charge in [-0.15, -0.1) is 0 Å². The number of fused-ring (bicyclic) bond motifs is 1. The zero-order chi connectivity index (χ0) is 14.3. The van der Waals surface area contributed by atoms with Crippen molar-refractivity contribution in [1.29, 1.82) is 0 Å². The van der Waals surface area contributed by atoms with E-state index in [2.05, 4.69) is 21.0 Å². The summed E-state index contributed by atoms with van der Waals surface area (Å²) in [6, 6.07) is 5.57. The van der Waals surface area contributed by atoms with E-state index in [1.165, 1.54) is 0 Å². The molecule has 1 aromatic heterocycles. The van der Waals surface area contributed by atoms with Crippen LogP contribution in [0.2, 0.25) is 0 Å². The number of halogens is 1. The van der Waals surface area contributed by atoms with Crippen LogP contribution in [0.3, 0.4) is 0 Å². The minimum absolute atomic E-state index is 0.126. The van der Waals surface area contributed by atoms with Crippen molar-refractivity contribution < 1.29 is 19.4 Å². The fraction of sp³-hybridized carbons (Fsp3) is 0.231. The predicted octanol–water partition coefficient (Wildman–Crippen LogP) is 2.21. The molecule has 1 aliphatic heterocycles. The Balaban J connectivity index is 2.06. The molecular formula is C13H11BrN2O4. The van der Waals surface area contributed by atoms with Gasteiger partial charge in [0.25, 0.3) is 0 Å². The van der Waals surface area contributed by atoms with Gasteiger partial charge in [0, 0.05) is 12.6 Å². The van der Waals surface area contributed by atoms with E-state index < -0.39 is 5.97 Å². The molecule has 0 bridgehead atoms. The molecule has 0 spiro atoms. The SMILES string of the molecule is Cn1nc(CC(=O)O)c(Br)c1-c1ccc2c(c1)OCO2. The molecule has 6 nitrogen and oxygen atoms in total. The van der Waals surface area contributed by atoms with Gasteiger partial charge in [-0.1, -0.05) is 0 Å². The van der Waals surface area contributed by atoms with Crippen LogP contribution in [0.15, 0.2) is 22.7 Å². The highest BCUT2D eigenvalue weighted by Crippen LogP contribution is 2.38. The normalized spacial score (nSPS) is 12.7. The Labute approximate surface area is 123 Å². The molecule has 0 radical (unpaired) electrons. The highest BCUT2D eigenvalue weighted by atomic mass is 79.9. The number of ether oxygens (including phenoxy) is 2. The molecule has 1 aromatic carbocycles. The average molecular weight is 339 g/mol. The zero-order valence-corrected chi connectivity index (χ0v) is 12.2. The molecule has 0 amide bonds. The van der Waals surface area contributed by atoms with E-state index >= 15 is 0 Å². The van der Waals surface area contributed by atoms with Crippen molar-refractivity contribution in [2.45, 2.75) is 6.42 Å². The van der Waals surface area contributed by atoms with Crippen LogP contribution in [0.4, 0.5) is 0 Å². The second-order valence-electron chi connectivity index (χ2n) is 4.37. The lowest BCUT2D eigenvalue weighted by Crippen LogP contribution is -2.02. The van der Waals surface area contributed by atoms with Gasteiger partial charge in [-0.25, -0.2) is 0 Å². The summed E-state index contributed by atoms with van der Waals surface area (Å²) in [6.45, 7) is 0.218. The van der Waals surface area contributed by atoms with Gasteiger partial charge in [-0.05, 0) is 34.1 Å². The van der Waals surface area contributed by atoms with Gasteiger partial charge in [-0.2, -0.15) is 5.10 Å². The summed E-state index contributed by atoms with van der Waals surface area (Å²) >= 11 is 3.43. The topological polar surface area (TPSA) is 73.6 Å². The average Bonchev–Trinajstić information content (AvgIpc) is 2.94. The van der Waals surface area contributed by atoms with Gasteiger partial charge in [0.1, 0.15) is 0 Å². The molecule has 104 valence electrons. The standard InChI is InChI=1S/C13H11BrN2O4/c1-16-13(12(14)8(15-16)5-11(17)18)7-2-3-9-10(4-7)20-6-19-9/h2-4H,5-6H2,1H3,(H,17,18). The Bertz CT molecular complexity index is 696. The lowest BCUT2D eigenvalue weighted by molar-refractivity contribution is -0.136. The molecule has 7 heteroatoms. The Hall–Kier alpha value is -2.02. The fourth-order valence-electron chi connectivity index (χ4n) is 2.17. The second-order valence-corrected chi connectivity index (χ2v) is 5.16. The molecule has 0 unspecified atom stereocenters. The van der Waals surface area contributed by atoms with E-state index in [1.54, 1.807) is 11.7 Å². The van der Waals surface area contributed by atoms with Crippen LogP contribution < -0.4 is 9.47 Å². The van der Waals surface area contributed by atoms with Gasteiger partial charge in [0.2, 0.25) is 6.79 Å². The maximum Gasteiger partial charge on any atom is 0.309 e. The number of aryl methyl sites for hydroxylation is 1. The smallest absolute Gasteiger partial charge is 0.309 e. The largest absolute Gasteiger partial charge is 0.481 e. The first-order valence-corrected chi connectivity index (χ1v) is 6.68. The van der Waals surface area contributed by atoms with Crippen molar-refractivity contribution >= 4 is 21.9 Å². The van der Waals surface area contributed by atoms with Crippen molar-refractivity contribution in [2.24, 2.45) is 7.05 Å². The van der Waals surface area contributed by atoms with Crippen LogP contribution in [-0.4, -0.2) is 27.6 Å². The number of aromatic nitrogens is 2. The number of carbonyl (C=O) groups is 1. The van der Waals surface area contributed by atoms with E-state index in [1.807, 2.05) is 18.2 Å². The third kappa shape index (κ3) is 2.14. The molecule has 0 atom stereocenters. The summed E-state index contributed by atoms with van der Waals surface area (Å²) < 4.78 is 13.0. The molecule has 0 fully saturated rings. The lowest BCUT2D eigenvalue weighted by atomic mass is 10.1.